The van der Waals surface area contributed by atoms with Crippen molar-refractivity contribution in [3.05, 3.63) is 68.6 Å². The Morgan fingerprint density at radius 2 is 0.909 bits per heavy atom. The standard InChI is InChI=1S/C16H10Br4O2/c17-11-5-1-9(2-6-11)15(21)13(19)14(20)16(22)10-3-7-12(18)8-4-10/h1-8,13-14H. The molecule has 6 heteroatoms. The number of carbonyl (C=O) groups is 2. The van der Waals surface area contributed by atoms with E-state index in [0.717, 1.165) is 8.95 Å². The van der Waals surface area contributed by atoms with Gasteiger partial charge in [0.1, 0.15) is 0 Å². The Kier molecular flexibility index (Phi) is 6.56. The second-order valence-corrected chi connectivity index (χ2v) is 8.35. The molecule has 2 aromatic rings. The van der Waals surface area contributed by atoms with Gasteiger partial charge in [-0.3, -0.25) is 9.59 Å². The van der Waals surface area contributed by atoms with Crippen molar-refractivity contribution in [2.75, 3.05) is 0 Å². The predicted octanol–water partition coefficient (Wildman–Crippen LogP) is 5.80. The van der Waals surface area contributed by atoms with Crippen LogP contribution >= 0.6 is 63.7 Å². The molecular formula is C16H10Br4O2. The maximum Gasteiger partial charge on any atom is 0.178 e. The van der Waals surface area contributed by atoms with Crippen LogP contribution in [0.5, 0.6) is 0 Å². The molecule has 0 heterocycles. The topological polar surface area (TPSA) is 34.1 Å². The van der Waals surface area contributed by atoms with Crippen LogP contribution in [0.15, 0.2) is 57.5 Å². The maximum absolute atomic E-state index is 12.4. The number of halogens is 4. The Morgan fingerprint density at radius 3 is 1.18 bits per heavy atom. The molecule has 0 radical (unpaired) electrons. The van der Waals surface area contributed by atoms with Gasteiger partial charge in [-0.1, -0.05) is 88.0 Å². The van der Waals surface area contributed by atoms with Crippen LogP contribution in [0.1, 0.15) is 20.7 Å². The van der Waals surface area contributed by atoms with E-state index in [1.54, 1.807) is 48.5 Å². The molecule has 0 aliphatic heterocycles. The first kappa shape index (κ1) is 18.0. The SMILES string of the molecule is O=C(c1ccc(Br)cc1)C(Br)C(Br)C(=O)c1ccc(Br)cc1. The van der Waals surface area contributed by atoms with E-state index in [0.29, 0.717) is 11.1 Å². The molecule has 114 valence electrons. The molecule has 2 atom stereocenters. The second kappa shape index (κ2) is 7.99. The fourth-order valence-corrected chi connectivity index (χ4v) is 3.35. The zero-order valence-corrected chi connectivity index (χ0v) is 17.4. The number of Topliss-reactive ketones (excluding diaryl/α,β-unsaturated/α-hetero) is 2. The van der Waals surface area contributed by atoms with Crippen LogP contribution in [0.2, 0.25) is 0 Å². The van der Waals surface area contributed by atoms with Crippen LogP contribution in [0.25, 0.3) is 0 Å². The first-order valence-corrected chi connectivity index (χ1v) is 9.69. The monoisotopic (exact) mass is 550 g/mol. The average Bonchev–Trinajstić information content (AvgIpc) is 2.53. The van der Waals surface area contributed by atoms with Crippen LogP contribution in [0, 0.1) is 0 Å². The number of alkyl halides is 2. The summed E-state index contributed by atoms with van der Waals surface area (Å²) >= 11 is 13.3. The van der Waals surface area contributed by atoms with Gasteiger partial charge in [0.25, 0.3) is 0 Å². The zero-order valence-electron chi connectivity index (χ0n) is 11.1. The van der Waals surface area contributed by atoms with Gasteiger partial charge in [0, 0.05) is 20.1 Å². The lowest BCUT2D eigenvalue weighted by molar-refractivity contribution is 0.0934. The van der Waals surface area contributed by atoms with E-state index in [9.17, 15) is 9.59 Å². The predicted molar refractivity (Wildman–Crippen MR) is 102 cm³/mol. The summed E-state index contributed by atoms with van der Waals surface area (Å²) in [5, 5.41) is 0. The highest BCUT2D eigenvalue weighted by Crippen LogP contribution is 2.24. The first-order chi connectivity index (χ1) is 10.4. The minimum Gasteiger partial charge on any atom is -0.293 e. The Bertz CT molecular complexity index is 619. The summed E-state index contributed by atoms with van der Waals surface area (Å²) in [6, 6.07) is 14.1. The van der Waals surface area contributed by atoms with Gasteiger partial charge < -0.3 is 0 Å². The highest BCUT2D eigenvalue weighted by Gasteiger charge is 2.30. The third-order valence-electron chi connectivity index (χ3n) is 3.02. The Labute approximate surface area is 162 Å². The normalized spacial score (nSPS) is 13.5. The van der Waals surface area contributed by atoms with Crippen LogP contribution in [-0.4, -0.2) is 21.2 Å². The van der Waals surface area contributed by atoms with E-state index in [2.05, 4.69) is 63.7 Å². The molecule has 0 N–H and O–H groups in total. The summed E-state index contributed by atoms with van der Waals surface area (Å²) in [7, 11) is 0. The van der Waals surface area contributed by atoms with Crippen molar-refractivity contribution in [3.63, 3.8) is 0 Å². The van der Waals surface area contributed by atoms with Crippen molar-refractivity contribution in [1.29, 1.82) is 0 Å². The molecule has 0 saturated carbocycles. The summed E-state index contributed by atoms with van der Waals surface area (Å²) in [6.07, 6.45) is 0. The van der Waals surface area contributed by atoms with E-state index >= 15 is 0 Å². The molecule has 0 bridgehead atoms. The Hall–Kier alpha value is -0.300. The zero-order chi connectivity index (χ0) is 16.3. The van der Waals surface area contributed by atoms with Gasteiger partial charge in [0.05, 0.1) is 9.65 Å². The minimum absolute atomic E-state index is 0.139. The summed E-state index contributed by atoms with van der Waals surface area (Å²) in [4.78, 5) is 23.6. The number of benzene rings is 2. The number of carbonyl (C=O) groups excluding carboxylic acids is 2. The van der Waals surface area contributed by atoms with E-state index in [4.69, 9.17) is 0 Å². The molecule has 2 unspecified atom stereocenters. The summed E-state index contributed by atoms with van der Waals surface area (Å²) < 4.78 is 1.80. The largest absolute Gasteiger partial charge is 0.293 e. The number of hydrogen-bond acceptors (Lipinski definition) is 2. The van der Waals surface area contributed by atoms with Gasteiger partial charge in [-0.2, -0.15) is 0 Å². The molecule has 0 spiro atoms. The molecule has 0 aliphatic carbocycles. The molecule has 2 rings (SSSR count). The molecule has 0 fully saturated rings. The second-order valence-electron chi connectivity index (χ2n) is 4.55. The highest BCUT2D eigenvalue weighted by molar-refractivity contribution is 9.12. The summed E-state index contributed by atoms with van der Waals surface area (Å²) in [6.45, 7) is 0. The highest BCUT2D eigenvalue weighted by atomic mass is 79.9. The van der Waals surface area contributed by atoms with E-state index < -0.39 is 9.65 Å². The molecule has 0 aliphatic rings. The lowest BCUT2D eigenvalue weighted by atomic mass is 10.0. The molecular weight excluding hydrogens is 544 g/mol. The third kappa shape index (κ3) is 4.37. The lowest BCUT2D eigenvalue weighted by Gasteiger charge is -2.15. The fourth-order valence-electron chi connectivity index (χ4n) is 1.81. The van der Waals surface area contributed by atoms with Crippen LogP contribution in [0.3, 0.4) is 0 Å². The van der Waals surface area contributed by atoms with E-state index in [1.165, 1.54) is 0 Å². The molecule has 22 heavy (non-hydrogen) atoms. The summed E-state index contributed by atoms with van der Waals surface area (Å²) in [5.41, 5.74) is 1.11. The van der Waals surface area contributed by atoms with E-state index in [1.807, 2.05) is 0 Å². The summed E-state index contributed by atoms with van der Waals surface area (Å²) in [5.74, 6) is -0.278. The van der Waals surface area contributed by atoms with Gasteiger partial charge in [0.15, 0.2) is 11.6 Å². The Balaban J connectivity index is 2.15. The number of ketones is 2. The molecule has 0 amide bonds. The van der Waals surface area contributed by atoms with Crippen molar-refractivity contribution in [2.45, 2.75) is 9.65 Å². The van der Waals surface area contributed by atoms with Crippen molar-refractivity contribution in [3.8, 4) is 0 Å². The lowest BCUT2D eigenvalue weighted by Crippen LogP contribution is -2.31. The van der Waals surface area contributed by atoms with Gasteiger partial charge in [0.2, 0.25) is 0 Å². The van der Waals surface area contributed by atoms with Crippen LogP contribution in [0.4, 0.5) is 0 Å². The molecule has 0 saturated heterocycles. The third-order valence-corrected chi connectivity index (χ3v) is 6.67. The van der Waals surface area contributed by atoms with Gasteiger partial charge in [-0.15, -0.1) is 0 Å². The Morgan fingerprint density at radius 1 is 0.636 bits per heavy atom. The maximum atomic E-state index is 12.4. The van der Waals surface area contributed by atoms with Crippen molar-refractivity contribution in [2.24, 2.45) is 0 Å². The van der Waals surface area contributed by atoms with Crippen LogP contribution in [-0.2, 0) is 0 Å². The van der Waals surface area contributed by atoms with Gasteiger partial charge >= 0.3 is 0 Å². The van der Waals surface area contributed by atoms with Crippen LogP contribution < -0.4 is 0 Å². The smallest absolute Gasteiger partial charge is 0.178 e. The average molecular weight is 554 g/mol. The van der Waals surface area contributed by atoms with Gasteiger partial charge in [-0.05, 0) is 24.3 Å². The molecule has 2 aromatic carbocycles. The quantitative estimate of drug-likeness (QED) is 0.346. The van der Waals surface area contributed by atoms with Crippen molar-refractivity contribution >= 4 is 75.3 Å². The van der Waals surface area contributed by atoms with Gasteiger partial charge in [-0.25, -0.2) is 0 Å². The number of rotatable bonds is 5. The minimum atomic E-state index is -0.634. The van der Waals surface area contributed by atoms with Crippen molar-refractivity contribution in [1.82, 2.24) is 0 Å². The van der Waals surface area contributed by atoms with E-state index in [-0.39, 0.29) is 11.6 Å². The first-order valence-electron chi connectivity index (χ1n) is 6.28. The fraction of sp³-hybridized carbons (Fsp3) is 0.125. The molecule has 2 nitrogen and oxygen atoms in total. The van der Waals surface area contributed by atoms with Crippen molar-refractivity contribution < 1.29 is 9.59 Å². The molecule has 0 aromatic heterocycles. The number of hydrogen-bond donors (Lipinski definition) is 0.